The highest BCUT2D eigenvalue weighted by Crippen LogP contribution is 2.09. The molecule has 3 heteroatoms. The average molecular weight is 253 g/mol. The highest BCUT2D eigenvalue weighted by Gasteiger charge is 2.00. The van der Waals surface area contributed by atoms with Crippen LogP contribution in [0.3, 0.4) is 0 Å². The number of nitrogens with zero attached hydrogens (tertiary/aromatic N) is 2. The zero-order valence-electron chi connectivity index (χ0n) is 11.3. The second-order valence-electron chi connectivity index (χ2n) is 4.07. The third-order valence-corrected chi connectivity index (χ3v) is 2.76. The van der Waals surface area contributed by atoms with E-state index in [0.29, 0.717) is 12.1 Å². The molecular formula is C16H19N3. The molecule has 0 aromatic heterocycles. The predicted molar refractivity (Wildman–Crippen MR) is 79.9 cm³/mol. The number of hydrogen-bond donors (Lipinski definition) is 1. The van der Waals surface area contributed by atoms with E-state index in [-0.39, 0.29) is 0 Å². The van der Waals surface area contributed by atoms with Crippen LogP contribution in [-0.4, -0.2) is 12.3 Å². The molecule has 0 amide bonds. The van der Waals surface area contributed by atoms with E-state index < -0.39 is 0 Å². The van der Waals surface area contributed by atoms with E-state index in [9.17, 15) is 0 Å². The number of nitriles is 1. The maximum atomic E-state index is 8.78. The molecule has 0 aliphatic carbocycles. The summed E-state index contributed by atoms with van der Waals surface area (Å²) in [6.07, 6.45) is 5.20. The van der Waals surface area contributed by atoms with Crippen molar-refractivity contribution in [3.05, 3.63) is 59.8 Å². The van der Waals surface area contributed by atoms with E-state index in [1.807, 2.05) is 18.3 Å². The van der Waals surface area contributed by atoms with Gasteiger partial charge >= 0.3 is 0 Å². The lowest BCUT2D eigenvalue weighted by atomic mass is 10.1. The van der Waals surface area contributed by atoms with Gasteiger partial charge in [-0.25, -0.2) is 0 Å². The summed E-state index contributed by atoms with van der Waals surface area (Å²) >= 11 is 0. The van der Waals surface area contributed by atoms with E-state index >= 15 is 0 Å². The highest BCUT2D eigenvalue weighted by molar-refractivity contribution is 6.00. The number of benzene rings is 1. The van der Waals surface area contributed by atoms with Crippen LogP contribution in [0.15, 0.2) is 53.7 Å². The highest BCUT2D eigenvalue weighted by atomic mass is 14.7. The van der Waals surface area contributed by atoms with Crippen LogP contribution in [0.4, 0.5) is 0 Å². The summed E-state index contributed by atoms with van der Waals surface area (Å²) in [6, 6.07) is 9.56. The minimum atomic E-state index is 0.589. The third kappa shape index (κ3) is 4.53. The van der Waals surface area contributed by atoms with E-state index in [2.05, 4.69) is 24.6 Å². The average Bonchev–Trinajstić information content (AvgIpc) is 2.47. The van der Waals surface area contributed by atoms with Crippen molar-refractivity contribution in [2.75, 3.05) is 6.54 Å². The van der Waals surface area contributed by atoms with Crippen LogP contribution in [-0.2, 0) is 0 Å². The molecule has 0 bridgehead atoms. The number of nitrogens with two attached hydrogens (primary N) is 1. The molecule has 0 radical (unpaired) electrons. The molecular weight excluding hydrogens is 234 g/mol. The summed E-state index contributed by atoms with van der Waals surface area (Å²) in [6.45, 7) is 6.40. The van der Waals surface area contributed by atoms with E-state index in [1.165, 1.54) is 0 Å². The Morgan fingerprint density at radius 2 is 2.11 bits per heavy atom. The molecule has 0 aliphatic heterocycles. The lowest BCUT2D eigenvalue weighted by Crippen LogP contribution is -2.00. The lowest BCUT2D eigenvalue weighted by Gasteiger charge is -2.03. The van der Waals surface area contributed by atoms with Gasteiger partial charge in [0.15, 0.2) is 0 Å². The van der Waals surface area contributed by atoms with Crippen molar-refractivity contribution < 1.29 is 0 Å². The maximum Gasteiger partial charge on any atom is 0.0991 e. The van der Waals surface area contributed by atoms with Gasteiger partial charge in [-0.15, -0.1) is 0 Å². The standard InChI is InChI=1S/C16H19N3/c1-3-13(9-10-17)12-19-16(4-2)15-7-5-14(11-18)6-8-15/h3,5-8,12H,1,4,9-10,17H2,2H3/b13-12+,19-16+. The summed E-state index contributed by atoms with van der Waals surface area (Å²) in [5, 5.41) is 8.78. The van der Waals surface area contributed by atoms with Crippen molar-refractivity contribution in [3.63, 3.8) is 0 Å². The molecule has 1 aromatic rings. The maximum absolute atomic E-state index is 8.78. The first-order chi connectivity index (χ1) is 9.24. The van der Waals surface area contributed by atoms with Crippen LogP contribution in [0.25, 0.3) is 0 Å². The Morgan fingerprint density at radius 1 is 1.42 bits per heavy atom. The van der Waals surface area contributed by atoms with Gasteiger partial charge in [-0.1, -0.05) is 31.7 Å². The molecule has 3 nitrogen and oxygen atoms in total. The van der Waals surface area contributed by atoms with Gasteiger partial charge in [0.05, 0.1) is 11.6 Å². The molecule has 1 rings (SSSR count). The van der Waals surface area contributed by atoms with Crippen molar-refractivity contribution in [2.24, 2.45) is 10.7 Å². The molecule has 0 saturated heterocycles. The SMILES string of the molecule is C=C/C(=C\N=C(/CC)c1ccc(C#N)cc1)CCN. The molecule has 0 heterocycles. The zero-order chi connectivity index (χ0) is 14.1. The van der Waals surface area contributed by atoms with Gasteiger partial charge in [-0.2, -0.15) is 5.26 Å². The van der Waals surface area contributed by atoms with E-state index in [0.717, 1.165) is 29.7 Å². The van der Waals surface area contributed by atoms with Crippen LogP contribution in [0, 0.1) is 11.3 Å². The predicted octanol–water partition coefficient (Wildman–Crippen LogP) is 3.18. The van der Waals surface area contributed by atoms with E-state index in [4.69, 9.17) is 11.0 Å². The monoisotopic (exact) mass is 253 g/mol. The first kappa shape index (κ1) is 14.9. The molecule has 0 atom stereocenters. The van der Waals surface area contributed by atoms with Gasteiger partial charge in [0.25, 0.3) is 0 Å². The Bertz CT molecular complexity index is 516. The summed E-state index contributed by atoms with van der Waals surface area (Å²) < 4.78 is 0. The summed E-state index contributed by atoms with van der Waals surface area (Å²) in [5.41, 5.74) is 9.23. The molecule has 98 valence electrons. The summed E-state index contributed by atoms with van der Waals surface area (Å²) in [5.74, 6) is 0. The lowest BCUT2D eigenvalue weighted by molar-refractivity contribution is 0.969. The normalized spacial score (nSPS) is 12.1. The summed E-state index contributed by atoms with van der Waals surface area (Å²) in [4.78, 5) is 4.50. The van der Waals surface area contributed by atoms with Gasteiger partial charge in [-0.3, -0.25) is 4.99 Å². The first-order valence-electron chi connectivity index (χ1n) is 6.33. The van der Waals surface area contributed by atoms with Gasteiger partial charge < -0.3 is 5.73 Å². The van der Waals surface area contributed by atoms with Crippen LogP contribution in [0.5, 0.6) is 0 Å². The first-order valence-corrected chi connectivity index (χ1v) is 6.33. The summed E-state index contributed by atoms with van der Waals surface area (Å²) in [7, 11) is 0. The third-order valence-electron chi connectivity index (χ3n) is 2.76. The second kappa shape index (κ2) is 8.02. The molecule has 0 unspecified atom stereocenters. The second-order valence-corrected chi connectivity index (χ2v) is 4.07. The molecule has 0 aliphatic rings. The molecule has 0 spiro atoms. The van der Waals surface area contributed by atoms with Crippen molar-refractivity contribution >= 4 is 5.71 Å². The Balaban J connectivity index is 2.98. The smallest absolute Gasteiger partial charge is 0.0991 e. The fourth-order valence-corrected chi connectivity index (χ4v) is 1.65. The van der Waals surface area contributed by atoms with Gasteiger partial charge in [0, 0.05) is 11.9 Å². The largest absolute Gasteiger partial charge is 0.330 e. The van der Waals surface area contributed by atoms with Crippen molar-refractivity contribution in [1.29, 1.82) is 5.26 Å². The van der Waals surface area contributed by atoms with Crippen molar-refractivity contribution in [1.82, 2.24) is 0 Å². The molecule has 0 saturated carbocycles. The molecule has 19 heavy (non-hydrogen) atoms. The quantitative estimate of drug-likeness (QED) is 0.625. The Hall–Kier alpha value is -2.18. The van der Waals surface area contributed by atoms with Crippen LogP contribution in [0.1, 0.15) is 30.9 Å². The fraction of sp³-hybridized carbons (Fsp3) is 0.250. The van der Waals surface area contributed by atoms with Gasteiger partial charge in [-0.05, 0) is 42.7 Å². The Kier molecular flexibility index (Phi) is 6.28. The van der Waals surface area contributed by atoms with Gasteiger partial charge in [0.1, 0.15) is 0 Å². The fourth-order valence-electron chi connectivity index (χ4n) is 1.65. The minimum absolute atomic E-state index is 0.589. The topological polar surface area (TPSA) is 62.2 Å². The van der Waals surface area contributed by atoms with Crippen molar-refractivity contribution in [3.8, 4) is 6.07 Å². The van der Waals surface area contributed by atoms with Crippen LogP contribution < -0.4 is 5.73 Å². The van der Waals surface area contributed by atoms with Crippen molar-refractivity contribution in [2.45, 2.75) is 19.8 Å². The molecule has 2 N–H and O–H groups in total. The molecule has 1 aromatic carbocycles. The number of aliphatic imine (C=N–C) groups is 1. The minimum Gasteiger partial charge on any atom is -0.330 e. The number of rotatable bonds is 6. The Morgan fingerprint density at radius 3 is 2.58 bits per heavy atom. The van der Waals surface area contributed by atoms with E-state index in [1.54, 1.807) is 18.2 Å². The van der Waals surface area contributed by atoms with Crippen LogP contribution >= 0.6 is 0 Å². The number of allylic oxidation sites excluding steroid dienone is 1. The Labute approximate surface area is 114 Å². The van der Waals surface area contributed by atoms with Crippen LogP contribution in [0.2, 0.25) is 0 Å². The number of hydrogen-bond acceptors (Lipinski definition) is 3. The molecule has 0 fully saturated rings. The zero-order valence-corrected chi connectivity index (χ0v) is 11.3. The van der Waals surface area contributed by atoms with Gasteiger partial charge in [0.2, 0.25) is 0 Å².